The number of aliphatic hydroxyl groups is 1. The highest BCUT2D eigenvalue weighted by Crippen LogP contribution is 2.23. The molecule has 0 fully saturated rings. The summed E-state index contributed by atoms with van der Waals surface area (Å²) in [5.41, 5.74) is 2.81. The Hall–Kier alpha value is -2.37. The molecule has 2 N–H and O–H groups in total. The highest BCUT2D eigenvalue weighted by atomic mass is 16.5. The minimum Gasteiger partial charge on any atom is -0.387 e. The maximum absolute atomic E-state index is 10.5. The number of anilines is 1. The molecule has 0 saturated carbocycles. The fourth-order valence-electron chi connectivity index (χ4n) is 2.61. The van der Waals surface area contributed by atoms with Crippen molar-refractivity contribution in [3.63, 3.8) is 0 Å². The minimum absolute atomic E-state index is 0.444. The lowest BCUT2D eigenvalue weighted by molar-refractivity contribution is 0.158. The van der Waals surface area contributed by atoms with Crippen molar-refractivity contribution in [3.8, 4) is 0 Å². The van der Waals surface area contributed by atoms with E-state index >= 15 is 0 Å². The van der Waals surface area contributed by atoms with Gasteiger partial charge in [-0.2, -0.15) is 0 Å². The molecule has 0 bridgehead atoms. The number of benzene rings is 2. The Kier molecular flexibility index (Phi) is 4.90. The van der Waals surface area contributed by atoms with Crippen LogP contribution in [0.4, 0.5) is 5.95 Å². The summed E-state index contributed by atoms with van der Waals surface area (Å²) >= 11 is 0. The van der Waals surface area contributed by atoms with Gasteiger partial charge in [0.15, 0.2) is 0 Å². The van der Waals surface area contributed by atoms with Crippen molar-refractivity contribution < 1.29 is 9.84 Å². The smallest absolute Gasteiger partial charge is 0.204 e. The lowest BCUT2D eigenvalue weighted by atomic mass is 10.1. The van der Waals surface area contributed by atoms with Gasteiger partial charge in [-0.15, -0.1) is 0 Å². The third kappa shape index (κ3) is 3.52. The van der Waals surface area contributed by atoms with Gasteiger partial charge in [-0.3, -0.25) is 0 Å². The van der Waals surface area contributed by atoms with Gasteiger partial charge in [0, 0.05) is 13.7 Å². The first-order valence-corrected chi connectivity index (χ1v) is 7.70. The average molecular weight is 311 g/mol. The molecule has 0 aliphatic carbocycles. The van der Waals surface area contributed by atoms with E-state index in [1.54, 1.807) is 7.11 Å². The predicted molar refractivity (Wildman–Crippen MR) is 91.5 cm³/mol. The number of aliphatic hydroxyl groups excluding tert-OH is 1. The Labute approximate surface area is 135 Å². The van der Waals surface area contributed by atoms with Gasteiger partial charge in [0.25, 0.3) is 0 Å². The van der Waals surface area contributed by atoms with Gasteiger partial charge in [-0.1, -0.05) is 42.5 Å². The van der Waals surface area contributed by atoms with Crippen molar-refractivity contribution in [2.24, 2.45) is 0 Å². The molecular formula is C18H21N3O2. The third-order valence-corrected chi connectivity index (χ3v) is 3.78. The number of hydrogen-bond donors (Lipinski definition) is 2. The first-order valence-electron chi connectivity index (χ1n) is 7.70. The molecule has 1 heterocycles. The molecule has 0 amide bonds. The number of aromatic nitrogens is 2. The first-order chi connectivity index (χ1) is 11.3. The summed E-state index contributed by atoms with van der Waals surface area (Å²) in [6.45, 7) is 1.71. The van der Waals surface area contributed by atoms with Crippen molar-refractivity contribution in [1.29, 1.82) is 0 Å². The zero-order chi connectivity index (χ0) is 16.1. The molecule has 23 heavy (non-hydrogen) atoms. The van der Waals surface area contributed by atoms with Crippen LogP contribution in [0, 0.1) is 0 Å². The van der Waals surface area contributed by atoms with Gasteiger partial charge < -0.3 is 19.7 Å². The van der Waals surface area contributed by atoms with Crippen molar-refractivity contribution in [3.05, 3.63) is 60.2 Å². The number of para-hydroxylation sites is 2. The molecule has 0 aliphatic rings. The van der Waals surface area contributed by atoms with Crippen LogP contribution in [0.3, 0.4) is 0 Å². The van der Waals surface area contributed by atoms with Gasteiger partial charge in [0.2, 0.25) is 5.95 Å². The Morgan fingerprint density at radius 2 is 1.87 bits per heavy atom. The summed E-state index contributed by atoms with van der Waals surface area (Å²) in [4.78, 5) is 4.62. The molecule has 1 aromatic heterocycles. The van der Waals surface area contributed by atoms with Gasteiger partial charge in [-0.05, 0) is 17.7 Å². The number of nitrogens with zero attached hydrogens (tertiary/aromatic N) is 2. The van der Waals surface area contributed by atoms with E-state index in [1.807, 2.05) is 59.2 Å². The van der Waals surface area contributed by atoms with Crippen molar-refractivity contribution in [2.45, 2.75) is 12.6 Å². The standard InChI is InChI=1S/C18H21N3O2/c1-23-12-11-19-18-20-15-9-5-6-10-16(15)21(18)13-17(22)14-7-3-2-4-8-14/h2-10,17,22H,11-13H2,1H3,(H,19,20)/t17-/m1/s1. The Bertz CT molecular complexity index is 755. The van der Waals surface area contributed by atoms with Crippen LogP contribution in [0.5, 0.6) is 0 Å². The maximum Gasteiger partial charge on any atom is 0.204 e. The summed E-state index contributed by atoms with van der Waals surface area (Å²) in [6, 6.07) is 17.6. The van der Waals surface area contributed by atoms with Crippen LogP contribution >= 0.6 is 0 Å². The second kappa shape index (κ2) is 7.26. The van der Waals surface area contributed by atoms with E-state index < -0.39 is 6.10 Å². The molecule has 120 valence electrons. The molecule has 3 rings (SSSR count). The predicted octanol–water partition coefficient (Wildman–Crippen LogP) is 2.83. The molecule has 0 aliphatic heterocycles. The SMILES string of the molecule is COCCNc1nc2ccccc2n1C[C@@H](O)c1ccccc1. The summed E-state index contributed by atoms with van der Waals surface area (Å²) in [6.07, 6.45) is -0.586. The Balaban J connectivity index is 1.89. The second-order valence-corrected chi connectivity index (χ2v) is 5.38. The summed E-state index contributed by atoms with van der Waals surface area (Å²) < 4.78 is 7.10. The molecule has 3 aromatic rings. The summed E-state index contributed by atoms with van der Waals surface area (Å²) in [5.74, 6) is 0.748. The molecule has 0 unspecified atom stereocenters. The van der Waals surface area contributed by atoms with Gasteiger partial charge in [0.1, 0.15) is 0 Å². The van der Waals surface area contributed by atoms with Gasteiger partial charge in [-0.25, -0.2) is 4.98 Å². The molecule has 5 heteroatoms. The van der Waals surface area contributed by atoms with Crippen molar-refractivity contribution in [2.75, 3.05) is 25.6 Å². The summed E-state index contributed by atoms with van der Waals surface area (Å²) in [7, 11) is 1.67. The quantitative estimate of drug-likeness (QED) is 0.659. The average Bonchev–Trinajstić information content (AvgIpc) is 2.94. The molecule has 1 atom stereocenters. The van der Waals surface area contributed by atoms with E-state index in [4.69, 9.17) is 4.74 Å². The van der Waals surface area contributed by atoms with Crippen molar-refractivity contribution >= 4 is 17.0 Å². The zero-order valence-electron chi connectivity index (χ0n) is 13.1. The lowest BCUT2D eigenvalue weighted by Gasteiger charge is -2.15. The number of hydrogen-bond acceptors (Lipinski definition) is 4. The minimum atomic E-state index is -0.586. The molecule has 0 saturated heterocycles. The highest BCUT2D eigenvalue weighted by Gasteiger charge is 2.15. The van der Waals surface area contributed by atoms with Crippen LogP contribution in [0.25, 0.3) is 11.0 Å². The largest absolute Gasteiger partial charge is 0.387 e. The monoisotopic (exact) mass is 311 g/mol. The third-order valence-electron chi connectivity index (χ3n) is 3.78. The van der Waals surface area contributed by atoms with E-state index in [0.29, 0.717) is 19.7 Å². The highest BCUT2D eigenvalue weighted by molar-refractivity contribution is 5.78. The number of methoxy groups -OCH3 is 1. The van der Waals surface area contributed by atoms with Crippen LogP contribution < -0.4 is 5.32 Å². The normalized spacial score (nSPS) is 12.4. The molecular weight excluding hydrogens is 290 g/mol. The maximum atomic E-state index is 10.5. The fraction of sp³-hybridized carbons (Fsp3) is 0.278. The number of ether oxygens (including phenoxy) is 1. The van der Waals surface area contributed by atoms with Crippen LogP contribution in [0.15, 0.2) is 54.6 Å². The second-order valence-electron chi connectivity index (χ2n) is 5.38. The van der Waals surface area contributed by atoms with E-state index in [-0.39, 0.29) is 0 Å². The Morgan fingerprint density at radius 3 is 2.65 bits per heavy atom. The van der Waals surface area contributed by atoms with Crippen molar-refractivity contribution in [1.82, 2.24) is 9.55 Å². The molecule has 2 aromatic carbocycles. The topological polar surface area (TPSA) is 59.3 Å². The Morgan fingerprint density at radius 1 is 1.13 bits per heavy atom. The van der Waals surface area contributed by atoms with Gasteiger partial charge in [0.05, 0.1) is 30.3 Å². The van der Waals surface area contributed by atoms with Crippen LogP contribution in [0.1, 0.15) is 11.7 Å². The molecule has 0 radical (unpaired) electrons. The van der Waals surface area contributed by atoms with E-state index in [2.05, 4.69) is 10.3 Å². The molecule has 5 nitrogen and oxygen atoms in total. The van der Waals surface area contributed by atoms with Crippen LogP contribution in [-0.2, 0) is 11.3 Å². The number of fused-ring (bicyclic) bond motifs is 1. The zero-order valence-corrected chi connectivity index (χ0v) is 13.1. The molecule has 0 spiro atoms. The first kappa shape index (κ1) is 15.5. The number of imidazole rings is 1. The van der Waals surface area contributed by atoms with Crippen LogP contribution in [0.2, 0.25) is 0 Å². The van der Waals surface area contributed by atoms with Crippen LogP contribution in [-0.4, -0.2) is 34.9 Å². The summed E-state index contributed by atoms with van der Waals surface area (Å²) in [5, 5.41) is 13.8. The van der Waals surface area contributed by atoms with E-state index in [0.717, 1.165) is 22.5 Å². The van der Waals surface area contributed by atoms with Gasteiger partial charge >= 0.3 is 0 Å². The fourth-order valence-corrected chi connectivity index (χ4v) is 2.61. The lowest BCUT2D eigenvalue weighted by Crippen LogP contribution is -2.15. The van der Waals surface area contributed by atoms with E-state index in [1.165, 1.54) is 0 Å². The van der Waals surface area contributed by atoms with E-state index in [9.17, 15) is 5.11 Å². The number of nitrogens with one attached hydrogen (secondary N) is 1. The number of rotatable bonds is 7.